The van der Waals surface area contributed by atoms with Gasteiger partial charge in [0.15, 0.2) is 0 Å². The highest BCUT2D eigenvalue weighted by atomic mass is 16.6. The van der Waals surface area contributed by atoms with Crippen LogP contribution in [0.3, 0.4) is 0 Å². The number of hydrogen-bond acceptors (Lipinski definition) is 5. The molecule has 0 bridgehead atoms. The standard InChI is InChI=1S/C17H32N2O5/c1-5-6-14(20)18-9-12-23-17(7-10-22-11-8-17)13-19-15(21)24-16(2,3)4/h5-13H2,1-4H3,(H,18,20)(H,19,21). The van der Waals surface area contributed by atoms with E-state index in [4.69, 9.17) is 14.2 Å². The molecule has 24 heavy (non-hydrogen) atoms. The van der Waals surface area contributed by atoms with Crippen LogP contribution < -0.4 is 10.6 Å². The van der Waals surface area contributed by atoms with Crippen LogP contribution in [0.5, 0.6) is 0 Å². The van der Waals surface area contributed by atoms with E-state index in [2.05, 4.69) is 10.6 Å². The Labute approximate surface area is 144 Å². The number of alkyl carbamates (subject to hydrolysis) is 1. The quantitative estimate of drug-likeness (QED) is 0.658. The Hall–Kier alpha value is -1.34. The van der Waals surface area contributed by atoms with Crippen molar-refractivity contribution in [3.05, 3.63) is 0 Å². The van der Waals surface area contributed by atoms with Crippen LogP contribution in [0.1, 0.15) is 53.4 Å². The number of nitrogens with one attached hydrogen (secondary N) is 2. The average Bonchev–Trinajstić information content (AvgIpc) is 2.49. The second-order valence-electron chi connectivity index (χ2n) is 7.10. The first-order valence-corrected chi connectivity index (χ1v) is 8.72. The first-order valence-electron chi connectivity index (χ1n) is 8.72. The summed E-state index contributed by atoms with van der Waals surface area (Å²) in [5.74, 6) is 0.0361. The molecule has 0 saturated carbocycles. The molecule has 0 spiro atoms. The molecule has 140 valence electrons. The molecule has 1 aliphatic heterocycles. The molecule has 1 heterocycles. The number of amides is 2. The van der Waals surface area contributed by atoms with Crippen LogP contribution in [0.4, 0.5) is 4.79 Å². The second-order valence-corrected chi connectivity index (χ2v) is 7.10. The van der Waals surface area contributed by atoms with Crippen molar-refractivity contribution in [2.75, 3.05) is 32.9 Å². The first-order chi connectivity index (χ1) is 11.3. The monoisotopic (exact) mass is 344 g/mol. The molecule has 0 aliphatic carbocycles. The third-order valence-electron chi connectivity index (χ3n) is 3.67. The van der Waals surface area contributed by atoms with Gasteiger partial charge in [0.2, 0.25) is 5.91 Å². The first kappa shape index (κ1) is 20.7. The smallest absolute Gasteiger partial charge is 0.407 e. The maximum atomic E-state index is 11.9. The molecule has 0 aromatic heterocycles. The lowest BCUT2D eigenvalue weighted by Gasteiger charge is -2.37. The highest BCUT2D eigenvalue weighted by Crippen LogP contribution is 2.24. The third-order valence-corrected chi connectivity index (χ3v) is 3.67. The van der Waals surface area contributed by atoms with Gasteiger partial charge in [-0.25, -0.2) is 4.79 Å². The number of hydrogen-bond donors (Lipinski definition) is 2. The Morgan fingerprint density at radius 2 is 1.83 bits per heavy atom. The van der Waals surface area contributed by atoms with Crippen LogP contribution in [-0.4, -0.2) is 56.1 Å². The van der Waals surface area contributed by atoms with Crippen molar-refractivity contribution < 1.29 is 23.8 Å². The Bertz CT molecular complexity index is 400. The van der Waals surface area contributed by atoms with Crippen LogP contribution in [0.25, 0.3) is 0 Å². The van der Waals surface area contributed by atoms with Crippen molar-refractivity contribution in [1.29, 1.82) is 0 Å². The molecule has 0 radical (unpaired) electrons. The highest BCUT2D eigenvalue weighted by Gasteiger charge is 2.34. The Kier molecular flexibility index (Phi) is 8.48. The Morgan fingerprint density at radius 3 is 2.42 bits per heavy atom. The Balaban J connectivity index is 2.42. The van der Waals surface area contributed by atoms with E-state index in [-0.39, 0.29) is 5.91 Å². The van der Waals surface area contributed by atoms with Gasteiger partial charge in [0.25, 0.3) is 0 Å². The van der Waals surface area contributed by atoms with Gasteiger partial charge in [0, 0.05) is 39.0 Å². The van der Waals surface area contributed by atoms with E-state index in [9.17, 15) is 9.59 Å². The molecule has 7 nitrogen and oxygen atoms in total. The van der Waals surface area contributed by atoms with Crippen molar-refractivity contribution in [1.82, 2.24) is 10.6 Å². The van der Waals surface area contributed by atoms with E-state index in [0.717, 1.165) is 6.42 Å². The minimum Gasteiger partial charge on any atom is -0.444 e. The van der Waals surface area contributed by atoms with Crippen molar-refractivity contribution in [3.63, 3.8) is 0 Å². The van der Waals surface area contributed by atoms with Crippen LogP contribution in [0.15, 0.2) is 0 Å². The average molecular weight is 344 g/mol. The van der Waals surface area contributed by atoms with Crippen LogP contribution >= 0.6 is 0 Å². The van der Waals surface area contributed by atoms with Gasteiger partial charge in [0.1, 0.15) is 5.60 Å². The molecular weight excluding hydrogens is 312 g/mol. The molecule has 7 heteroatoms. The Morgan fingerprint density at radius 1 is 1.17 bits per heavy atom. The maximum Gasteiger partial charge on any atom is 0.407 e. The van der Waals surface area contributed by atoms with Crippen LogP contribution in [-0.2, 0) is 19.0 Å². The normalized spacial score (nSPS) is 17.2. The van der Waals surface area contributed by atoms with Crippen molar-refractivity contribution in [2.45, 2.75) is 64.6 Å². The predicted molar refractivity (Wildman–Crippen MR) is 90.9 cm³/mol. The van der Waals surface area contributed by atoms with Crippen molar-refractivity contribution >= 4 is 12.0 Å². The van der Waals surface area contributed by atoms with E-state index < -0.39 is 17.3 Å². The number of carbonyl (C=O) groups excluding carboxylic acids is 2. The molecule has 1 aliphatic rings. The summed E-state index contributed by atoms with van der Waals surface area (Å²) in [6, 6.07) is 0. The lowest BCUT2D eigenvalue weighted by atomic mass is 9.94. The number of ether oxygens (including phenoxy) is 3. The van der Waals surface area contributed by atoms with Crippen LogP contribution in [0.2, 0.25) is 0 Å². The summed E-state index contributed by atoms with van der Waals surface area (Å²) in [6.45, 7) is 9.88. The fourth-order valence-electron chi connectivity index (χ4n) is 2.44. The largest absolute Gasteiger partial charge is 0.444 e. The summed E-state index contributed by atoms with van der Waals surface area (Å²) in [7, 11) is 0. The third kappa shape index (κ3) is 8.49. The fourth-order valence-corrected chi connectivity index (χ4v) is 2.44. The second kappa shape index (κ2) is 9.84. The van der Waals surface area contributed by atoms with Gasteiger partial charge in [-0.2, -0.15) is 0 Å². The summed E-state index contributed by atoms with van der Waals surface area (Å²) >= 11 is 0. The SMILES string of the molecule is CCCC(=O)NCCOC1(CNC(=O)OC(C)(C)C)CCOCC1. The van der Waals surface area contributed by atoms with Gasteiger partial charge in [-0.15, -0.1) is 0 Å². The molecule has 0 aromatic carbocycles. The van der Waals surface area contributed by atoms with E-state index in [0.29, 0.717) is 52.2 Å². The van der Waals surface area contributed by atoms with E-state index in [1.54, 1.807) is 0 Å². The summed E-state index contributed by atoms with van der Waals surface area (Å²) in [4.78, 5) is 23.3. The van der Waals surface area contributed by atoms with Gasteiger partial charge in [-0.05, 0) is 27.2 Å². The molecular formula is C17H32N2O5. The molecule has 2 amide bonds. The zero-order valence-corrected chi connectivity index (χ0v) is 15.4. The summed E-state index contributed by atoms with van der Waals surface area (Å²) in [5, 5.41) is 5.62. The molecule has 0 unspecified atom stereocenters. The summed E-state index contributed by atoms with van der Waals surface area (Å²) in [6.07, 6.45) is 2.30. The minimum absolute atomic E-state index is 0.0361. The fraction of sp³-hybridized carbons (Fsp3) is 0.882. The van der Waals surface area contributed by atoms with Gasteiger partial charge in [-0.1, -0.05) is 6.92 Å². The molecule has 1 rings (SSSR count). The zero-order valence-electron chi connectivity index (χ0n) is 15.4. The van der Waals surface area contributed by atoms with Crippen molar-refractivity contribution in [2.24, 2.45) is 0 Å². The van der Waals surface area contributed by atoms with Crippen molar-refractivity contribution in [3.8, 4) is 0 Å². The van der Waals surface area contributed by atoms with Gasteiger partial charge in [-0.3, -0.25) is 4.79 Å². The lowest BCUT2D eigenvalue weighted by molar-refractivity contribution is -0.124. The zero-order chi connectivity index (χ0) is 18.1. The minimum atomic E-state index is -0.530. The van der Waals surface area contributed by atoms with Gasteiger partial charge in [0.05, 0.1) is 18.8 Å². The number of rotatable bonds is 8. The van der Waals surface area contributed by atoms with E-state index in [1.165, 1.54) is 0 Å². The molecule has 0 atom stereocenters. The van der Waals surface area contributed by atoms with Gasteiger partial charge < -0.3 is 24.8 Å². The molecule has 2 N–H and O–H groups in total. The lowest BCUT2D eigenvalue weighted by Crippen LogP contribution is -2.50. The predicted octanol–water partition coefficient (Wildman–Crippen LogP) is 1.99. The number of carbonyl (C=O) groups is 2. The molecule has 0 aromatic rings. The molecule has 1 saturated heterocycles. The van der Waals surface area contributed by atoms with E-state index >= 15 is 0 Å². The topological polar surface area (TPSA) is 85.9 Å². The maximum absolute atomic E-state index is 11.9. The van der Waals surface area contributed by atoms with Gasteiger partial charge >= 0.3 is 6.09 Å². The summed E-state index contributed by atoms with van der Waals surface area (Å²) in [5.41, 5.74) is -0.998. The molecule has 1 fully saturated rings. The summed E-state index contributed by atoms with van der Waals surface area (Å²) < 4.78 is 16.7. The van der Waals surface area contributed by atoms with Crippen LogP contribution in [0, 0.1) is 0 Å². The van der Waals surface area contributed by atoms with E-state index in [1.807, 2.05) is 27.7 Å². The highest BCUT2D eigenvalue weighted by molar-refractivity contribution is 5.75.